The van der Waals surface area contributed by atoms with E-state index in [1.807, 2.05) is 0 Å². The van der Waals surface area contributed by atoms with Gasteiger partial charge in [-0.15, -0.1) is 0 Å². The Morgan fingerprint density at radius 3 is 2.71 bits per heavy atom. The third-order valence-corrected chi connectivity index (χ3v) is 5.82. The van der Waals surface area contributed by atoms with Gasteiger partial charge in [-0.3, -0.25) is 4.79 Å². The molecular weight excluding hydrogens is 212 g/mol. The summed E-state index contributed by atoms with van der Waals surface area (Å²) >= 11 is 0. The van der Waals surface area contributed by atoms with E-state index in [2.05, 4.69) is 12.2 Å². The summed E-state index contributed by atoms with van der Waals surface area (Å²) in [5.74, 6) is 4.59. The lowest BCUT2D eigenvalue weighted by atomic mass is 9.45. The van der Waals surface area contributed by atoms with Gasteiger partial charge in [0.05, 0.1) is 0 Å². The van der Waals surface area contributed by atoms with Crippen LogP contribution in [0.15, 0.2) is 12.2 Å². The second-order valence-corrected chi connectivity index (χ2v) is 6.54. The van der Waals surface area contributed by atoms with Crippen LogP contribution in [0.4, 0.5) is 0 Å². The average Bonchev–Trinajstić information content (AvgIpc) is 2.31. The van der Waals surface area contributed by atoms with Gasteiger partial charge in [0.15, 0.2) is 0 Å². The van der Waals surface area contributed by atoms with Gasteiger partial charge in [-0.05, 0) is 55.3 Å². The highest BCUT2D eigenvalue weighted by Gasteiger charge is 2.59. The van der Waals surface area contributed by atoms with Crippen molar-refractivity contribution in [3.05, 3.63) is 12.2 Å². The van der Waals surface area contributed by atoms with Gasteiger partial charge in [-0.2, -0.15) is 0 Å². The van der Waals surface area contributed by atoms with Crippen LogP contribution in [0, 0.1) is 35.5 Å². The van der Waals surface area contributed by atoms with Gasteiger partial charge < -0.3 is 4.74 Å². The summed E-state index contributed by atoms with van der Waals surface area (Å²) in [5.41, 5.74) is 0. The monoisotopic (exact) mass is 232 g/mol. The van der Waals surface area contributed by atoms with Gasteiger partial charge in [0.2, 0.25) is 0 Å². The normalized spacial score (nSPS) is 53.8. The van der Waals surface area contributed by atoms with E-state index in [4.69, 9.17) is 4.74 Å². The Morgan fingerprint density at radius 2 is 1.88 bits per heavy atom. The second kappa shape index (κ2) is 3.37. The van der Waals surface area contributed by atoms with Crippen molar-refractivity contribution in [2.24, 2.45) is 35.5 Å². The van der Waals surface area contributed by atoms with Crippen molar-refractivity contribution < 1.29 is 9.53 Å². The van der Waals surface area contributed by atoms with Crippen molar-refractivity contribution in [1.29, 1.82) is 0 Å². The highest BCUT2D eigenvalue weighted by molar-refractivity contribution is 5.66. The quantitative estimate of drug-likeness (QED) is 0.513. The molecule has 5 aliphatic carbocycles. The standard InChI is InChI=1S/C15H20O2/c1-8(16)17-15-13-6-9-5-12-10(13)3-2-4-11(12)14(15)7-9/h2-3,9-15H,4-7H2,1H3/t9?,10-,11+,12?,13?,14?,15+/m1/s1. The van der Waals surface area contributed by atoms with Gasteiger partial charge >= 0.3 is 5.97 Å². The van der Waals surface area contributed by atoms with Crippen molar-refractivity contribution >= 4 is 5.97 Å². The van der Waals surface area contributed by atoms with Crippen LogP contribution in [0.5, 0.6) is 0 Å². The first kappa shape index (κ1) is 10.2. The van der Waals surface area contributed by atoms with Crippen LogP contribution in [-0.2, 0) is 9.53 Å². The largest absolute Gasteiger partial charge is 0.462 e. The molecule has 0 heterocycles. The Hall–Kier alpha value is -0.790. The highest BCUT2D eigenvalue weighted by Crippen LogP contribution is 2.62. The fraction of sp³-hybridized carbons (Fsp3) is 0.800. The number of rotatable bonds is 1. The molecule has 6 bridgehead atoms. The fourth-order valence-corrected chi connectivity index (χ4v) is 5.47. The molecule has 0 amide bonds. The Morgan fingerprint density at radius 1 is 1.12 bits per heavy atom. The molecule has 0 N–H and O–H groups in total. The molecule has 7 atom stereocenters. The molecule has 4 fully saturated rings. The molecule has 92 valence electrons. The topological polar surface area (TPSA) is 26.3 Å². The number of ether oxygens (including phenoxy) is 1. The molecule has 4 saturated carbocycles. The fourth-order valence-electron chi connectivity index (χ4n) is 5.47. The van der Waals surface area contributed by atoms with E-state index in [9.17, 15) is 4.79 Å². The van der Waals surface area contributed by atoms with Gasteiger partial charge in [-0.25, -0.2) is 0 Å². The predicted molar refractivity (Wildman–Crippen MR) is 64.1 cm³/mol. The van der Waals surface area contributed by atoms with E-state index in [0.717, 1.165) is 17.8 Å². The lowest BCUT2D eigenvalue weighted by Crippen LogP contribution is -2.59. The minimum Gasteiger partial charge on any atom is -0.462 e. The van der Waals surface area contributed by atoms with Crippen molar-refractivity contribution in [1.82, 2.24) is 0 Å². The Balaban J connectivity index is 1.72. The van der Waals surface area contributed by atoms with Crippen molar-refractivity contribution in [2.45, 2.75) is 38.7 Å². The molecule has 5 aliphatic rings. The molecule has 0 radical (unpaired) electrons. The third kappa shape index (κ3) is 1.30. The predicted octanol–water partition coefficient (Wildman–Crippen LogP) is 2.79. The van der Waals surface area contributed by atoms with Crippen LogP contribution in [0.3, 0.4) is 0 Å². The summed E-state index contributed by atoms with van der Waals surface area (Å²) < 4.78 is 5.69. The zero-order chi connectivity index (χ0) is 11.6. The molecule has 0 spiro atoms. The van der Waals surface area contributed by atoms with Crippen molar-refractivity contribution in [3.8, 4) is 0 Å². The van der Waals surface area contributed by atoms with Crippen molar-refractivity contribution in [3.63, 3.8) is 0 Å². The lowest BCUT2D eigenvalue weighted by molar-refractivity contribution is -0.189. The summed E-state index contributed by atoms with van der Waals surface area (Å²) in [4.78, 5) is 11.3. The van der Waals surface area contributed by atoms with E-state index in [1.54, 1.807) is 6.92 Å². The van der Waals surface area contributed by atoms with E-state index in [1.165, 1.54) is 25.7 Å². The number of esters is 1. The van der Waals surface area contributed by atoms with Gasteiger partial charge in [0, 0.05) is 12.8 Å². The summed E-state index contributed by atoms with van der Waals surface area (Å²) in [6, 6.07) is 0. The lowest BCUT2D eigenvalue weighted by Gasteiger charge is -2.62. The second-order valence-electron chi connectivity index (χ2n) is 6.54. The zero-order valence-electron chi connectivity index (χ0n) is 10.3. The summed E-state index contributed by atoms with van der Waals surface area (Å²) in [5, 5.41) is 0. The summed E-state index contributed by atoms with van der Waals surface area (Å²) in [6.45, 7) is 1.57. The molecule has 0 saturated heterocycles. The first-order valence-electron chi connectivity index (χ1n) is 7.08. The van der Waals surface area contributed by atoms with Crippen molar-refractivity contribution in [2.75, 3.05) is 0 Å². The molecule has 17 heavy (non-hydrogen) atoms. The maximum absolute atomic E-state index is 11.3. The smallest absolute Gasteiger partial charge is 0.302 e. The first-order valence-corrected chi connectivity index (χ1v) is 7.08. The molecular formula is C15H20O2. The van der Waals surface area contributed by atoms with Crippen LogP contribution in [0.2, 0.25) is 0 Å². The molecule has 0 aromatic rings. The SMILES string of the molecule is CC(=O)O[C@H]1C2CC3CC4[C@H]2C=CC[C@@H]4C1C3. The van der Waals surface area contributed by atoms with Gasteiger partial charge in [0.25, 0.3) is 0 Å². The maximum atomic E-state index is 11.3. The Kier molecular flexibility index (Phi) is 2.01. The Labute approximate surface area is 102 Å². The van der Waals surface area contributed by atoms with Gasteiger partial charge in [0.1, 0.15) is 6.10 Å². The first-order chi connectivity index (χ1) is 8.24. The van der Waals surface area contributed by atoms with Crippen LogP contribution < -0.4 is 0 Å². The number of hydrogen-bond acceptors (Lipinski definition) is 2. The van der Waals surface area contributed by atoms with Crippen LogP contribution in [0.25, 0.3) is 0 Å². The van der Waals surface area contributed by atoms with Crippen LogP contribution in [-0.4, -0.2) is 12.1 Å². The van der Waals surface area contributed by atoms with E-state index < -0.39 is 0 Å². The van der Waals surface area contributed by atoms with E-state index in [-0.39, 0.29) is 12.1 Å². The molecule has 0 aliphatic heterocycles. The Bertz CT molecular complexity index is 386. The van der Waals surface area contributed by atoms with E-state index in [0.29, 0.717) is 17.8 Å². The van der Waals surface area contributed by atoms with E-state index >= 15 is 0 Å². The molecule has 4 unspecified atom stereocenters. The highest BCUT2D eigenvalue weighted by atomic mass is 16.5. The minimum atomic E-state index is -0.0791. The van der Waals surface area contributed by atoms with Crippen LogP contribution >= 0.6 is 0 Å². The summed E-state index contributed by atoms with van der Waals surface area (Å²) in [6.07, 6.45) is 10.3. The van der Waals surface area contributed by atoms with Gasteiger partial charge in [-0.1, -0.05) is 12.2 Å². The molecule has 5 rings (SSSR count). The van der Waals surface area contributed by atoms with Crippen LogP contribution in [0.1, 0.15) is 32.6 Å². The number of hydrogen-bond donors (Lipinski definition) is 0. The minimum absolute atomic E-state index is 0.0791. The maximum Gasteiger partial charge on any atom is 0.302 e. The zero-order valence-corrected chi connectivity index (χ0v) is 10.3. The molecule has 0 aromatic heterocycles. The molecule has 2 heteroatoms. The summed E-state index contributed by atoms with van der Waals surface area (Å²) in [7, 11) is 0. The number of carbonyl (C=O) groups excluding carboxylic acids is 1. The molecule has 0 aromatic carbocycles. The number of allylic oxidation sites excluding steroid dienone is 2. The molecule has 2 nitrogen and oxygen atoms in total. The number of carbonyl (C=O) groups is 1. The third-order valence-electron chi connectivity index (χ3n) is 5.82. The average molecular weight is 232 g/mol.